The number of nitrogens with zero attached hydrogens (tertiary/aromatic N) is 3. The van der Waals surface area contributed by atoms with E-state index in [1.165, 1.54) is 77.7 Å². The van der Waals surface area contributed by atoms with E-state index in [-0.39, 0.29) is 77.9 Å². The minimum Gasteiger partial charge on any atom is -0.487 e. The minimum absolute atomic E-state index is 0.00568. The first kappa shape index (κ1) is 36.6. The summed E-state index contributed by atoms with van der Waals surface area (Å²) in [7, 11) is 0. The van der Waals surface area contributed by atoms with E-state index in [9.17, 15) is 44.2 Å². The fourth-order valence-corrected chi connectivity index (χ4v) is 5.65. The van der Waals surface area contributed by atoms with Crippen LogP contribution in [0, 0.1) is 32.1 Å². The molecular weight excluding hydrogens is 682 g/mol. The Morgan fingerprint density at radius 3 is 2.00 bits per heavy atom. The molecule has 1 aliphatic carbocycles. The predicted octanol–water partition coefficient (Wildman–Crippen LogP) is 4.58. The lowest BCUT2D eigenvalue weighted by atomic mass is 9.81. The number of non-ortho nitro benzene ring substituents is 2. The molecule has 1 aliphatic heterocycles. The highest BCUT2D eigenvalue weighted by molar-refractivity contribution is 6.12. The number of hydrogen-bond donors (Lipinski definition) is 2. The number of nitro groups is 2. The van der Waals surface area contributed by atoms with Crippen molar-refractivity contribution in [1.29, 1.82) is 0 Å². The zero-order chi connectivity index (χ0) is 37.2. The number of amides is 4. The molecule has 1 heterocycles. The Kier molecular flexibility index (Phi) is 11.9. The molecule has 0 saturated heterocycles. The number of rotatable bonds is 14. The number of nitrogens with one attached hydrogen (secondary N) is 2. The number of carbonyl (C=O) groups excluding carboxylic acids is 5. The molecule has 5 rings (SSSR count). The second-order valence-electron chi connectivity index (χ2n) is 12.0. The van der Waals surface area contributed by atoms with E-state index in [0.717, 1.165) is 0 Å². The van der Waals surface area contributed by atoms with E-state index in [1.54, 1.807) is 6.07 Å². The van der Waals surface area contributed by atoms with Gasteiger partial charge in [-0.1, -0.05) is 6.07 Å². The van der Waals surface area contributed by atoms with E-state index in [4.69, 9.17) is 14.2 Å². The summed E-state index contributed by atoms with van der Waals surface area (Å²) in [6, 6.07) is 15.1. The summed E-state index contributed by atoms with van der Waals surface area (Å²) < 4.78 is 16.1. The number of hydrogen-bond acceptors (Lipinski definition) is 12. The number of ether oxygens (including phenoxy) is 3. The van der Waals surface area contributed by atoms with Crippen molar-refractivity contribution in [3.63, 3.8) is 0 Å². The van der Waals surface area contributed by atoms with Crippen LogP contribution in [0.15, 0.2) is 78.9 Å². The van der Waals surface area contributed by atoms with Crippen LogP contribution in [-0.2, 0) is 37.1 Å². The first-order valence-electron chi connectivity index (χ1n) is 16.1. The first-order chi connectivity index (χ1) is 24.9. The molecule has 1 saturated carbocycles. The summed E-state index contributed by atoms with van der Waals surface area (Å²) >= 11 is 0. The molecule has 2 aliphatic rings. The van der Waals surface area contributed by atoms with E-state index in [0.29, 0.717) is 43.4 Å². The van der Waals surface area contributed by atoms with Crippen LogP contribution in [0.5, 0.6) is 11.5 Å². The molecule has 17 nitrogen and oxygen atoms in total. The summed E-state index contributed by atoms with van der Waals surface area (Å²) in [6.45, 7) is -0.339. The topological polar surface area (TPSA) is 227 Å². The maximum atomic E-state index is 13.0. The first-order valence-corrected chi connectivity index (χ1v) is 16.1. The number of imide groups is 1. The molecule has 0 atom stereocenters. The Balaban J connectivity index is 1.16. The van der Waals surface area contributed by atoms with Crippen molar-refractivity contribution < 1.29 is 48.0 Å². The smallest absolute Gasteiger partial charge is 0.487 e. The Morgan fingerprint density at radius 2 is 1.38 bits per heavy atom. The van der Waals surface area contributed by atoms with Crippen LogP contribution in [0.1, 0.15) is 36.8 Å². The molecule has 52 heavy (non-hydrogen) atoms. The summed E-state index contributed by atoms with van der Waals surface area (Å²) in [5.41, 5.74) is 0.954. The average Bonchev–Trinajstić information content (AvgIpc) is 3.45. The molecule has 0 radical (unpaired) electrons. The average molecular weight is 716 g/mol. The lowest BCUT2D eigenvalue weighted by Crippen LogP contribution is -2.40. The summed E-state index contributed by atoms with van der Waals surface area (Å²) in [4.78, 5) is 83.9. The SMILES string of the molecule is O=C(CNC(=O)C1CCC(CN2C(=O)C=CC2=O)CC1)Nc1cc(COC(=O)Oc2ccc([N+](=O)[O-])cc2)ccc1OCc1ccc([N+](=O)[O-])cc1. The monoisotopic (exact) mass is 715 g/mol. The molecule has 0 bridgehead atoms. The van der Waals surface area contributed by atoms with Gasteiger partial charge >= 0.3 is 6.16 Å². The second kappa shape index (κ2) is 16.8. The van der Waals surface area contributed by atoms with Crippen molar-refractivity contribution in [2.24, 2.45) is 11.8 Å². The Morgan fingerprint density at radius 1 is 0.788 bits per heavy atom. The minimum atomic E-state index is -1.08. The van der Waals surface area contributed by atoms with Crippen molar-refractivity contribution in [2.75, 3.05) is 18.4 Å². The normalized spacial score (nSPS) is 16.6. The third-order valence-corrected chi connectivity index (χ3v) is 8.45. The van der Waals surface area contributed by atoms with Crippen molar-refractivity contribution in [1.82, 2.24) is 10.2 Å². The molecule has 0 unspecified atom stereocenters. The maximum Gasteiger partial charge on any atom is 0.514 e. The van der Waals surface area contributed by atoms with Crippen molar-refractivity contribution >= 4 is 46.8 Å². The van der Waals surface area contributed by atoms with Crippen LogP contribution in [-0.4, -0.2) is 57.6 Å². The fraction of sp³-hybridized carbons (Fsp3) is 0.286. The Bertz CT molecular complexity index is 1870. The van der Waals surface area contributed by atoms with Gasteiger partial charge in [0, 0.05) is 48.9 Å². The zero-order valence-corrected chi connectivity index (χ0v) is 27.6. The van der Waals surface area contributed by atoms with E-state index < -0.39 is 21.9 Å². The summed E-state index contributed by atoms with van der Waals surface area (Å²) in [6.07, 6.45) is 3.78. The number of benzene rings is 3. The molecule has 4 amide bonds. The predicted molar refractivity (Wildman–Crippen MR) is 181 cm³/mol. The standard InChI is InChI=1S/C35H33N5O12/c41-31(18-36-34(44)25-6-1-22(2-7-25)19-38-32(42)15-16-33(38)43)37-29-17-24(21-51-35(45)52-28-12-10-27(11-13-28)40(48)49)5-14-30(29)50-20-23-3-8-26(9-4-23)39(46)47/h3-5,8-17,22,25H,1-2,6-7,18-21H2,(H,36,44)(H,37,41). The van der Waals surface area contributed by atoms with Gasteiger partial charge in [0.05, 0.1) is 22.1 Å². The second-order valence-corrected chi connectivity index (χ2v) is 12.0. The Hall–Kier alpha value is -6.65. The molecule has 270 valence electrons. The highest BCUT2D eigenvalue weighted by Crippen LogP contribution is 2.31. The molecule has 17 heteroatoms. The molecule has 0 spiro atoms. The van der Waals surface area contributed by atoms with Gasteiger partial charge in [0.25, 0.3) is 23.2 Å². The third kappa shape index (κ3) is 9.96. The van der Waals surface area contributed by atoms with Crippen molar-refractivity contribution in [3.05, 3.63) is 110 Å². The molecule has 3 aromatic rings. The lowest BCUT2D eigenvalue weighted by molar-refractivity contribution is -0.385. The summed E-state index contributed by atoms with van der Waals surface area (Å²) in [5, 5.41) is 27.2. The molecule has 3 aromatic carbocycles. The van der Waals surface area contributed by atoms with Gasteiger partial charge in [0.15, 0.2) is 0 Å². The van der Waals surface area contributed by atoms with Crippen LogP contribution < -0.4 is 20.1 Å². The quantitative estimate of drug-likeness (QED) is 0.0769. The van der Waals surface area contributed by atoms with Crippen LogP contribution >= 0.6 is 0 Å². The number of carbonyl (C=O) groups is 5. The lowest BCUT2D eigenvalue weighted by Gasteiger charge is -2.29. The number of anilines is 1. The number of nitro benzene ring substituents is 2. The van der Waals surface area contributed by atoms with Gasteiger partial charge in [-0.2, -0.15) is 0 Å². The van der Waals surface area contributed by atoms with Crippen LogP contribution in [0.4, 0.5) is 21.9 Å². The largest absolute Gasteiger partial charge is 0.514 e. The van der Waals surface area contributed by atoms with E-state index >= 15 is 0 Å². The van der Waals surface area contributed by atoms with Crippen molar-refractivity contribution in [2.45, 2.75) is 38.9 Å². The molecular formula is C35H33N5O12. The molecule has 2 N–H and O–H groups in total. The summed E-state index contributed by atoms with van der Waals surface area (Å²) in [5.74, 6) is -1.54. The molecule has 0 aromatic heterocycles. The van der Waals surface area contributed by atoms with Gasteiger partial charge in [-0.05, 0) is 79.1 Å². The van der Waals surface area contributed by atoms with Crippen molar-refractivity contribution in [3.8, 4) is 11.5 Å². The van der Waals surface area contributed by atoms with Crippen LogP contribution in [0.25, 0.3) is 0 Å². The maximum absolute atomic E-state index is 13.0. The van der Waals surface area contributed by atoms with Crippen LogP contribution in [0.2, 0.25) is 0 Å². The molecule has 1 fully saturated rings. The van der Waals surface area contributed by atoms with Gasteiger partial charge in [-0.25, -0.2) is 4.79 Å². The van der Waals surface area contributed by atoms with Gasteiger partial charge < -0.3 is 24.8 Å². The van der Waals surface area contributed by atoms with Gasteiger partial charge in [0.1, 0.15) is 24.7 Å². The van der Waals surface area contributed by atoms with Gasteiger partial charge in [0.2, 0.25) is 11.8 Å². The zero-order valence-electron chi connectivity index (χ0n) is 27.6. The van der Waals surface area contributed by atoms with Gasteiger partial charge in [-0.15, -0.1) is 0 Å². The van der Waals surface area contributed by atoms with E-state index in [2.05, 4.69) is 10.6 Å². The highest BCUT2D eigenvalue weighted by Gasteiger charge is 2.31. The Labute approximate surface area is 295 Å². The van der Waals surface area contributed by atoms with E-state index in [1.807, 2.05) is 0 Å². The third-order valence-electron chi connectivity index (χ3n) is 8.45. The fourth-order valence-electron chi connectivity index (χ4n) is 5.65. The highest BCUT2D eigenvalue weighted by atomic mass is 16.7. The van der Waals surface area contributed by atoms with Gasteiger partial charge in [-0.3, -0.25) is 44.3 Å². The van der Waals surface area contributed by atoms with Crippen LogP contribution in [0.3, 0.4) is 0 Å².